The number of halogens is 2. The lowest BCUT2D eigenvalue weighted by molar-refractivity contribution is -0.115. The highest BCUT2D eigenvalue weighted by Gasteiger charge is 2.14. The molecule has 0 aliphatic carbocycles. The van der Waals surface area contributed by atoms with E-state index in [4.69, 9.17) is 27.6 Å². The first-order valence-corrected chi connectivity index (χ1v) is 8.50. The average Bonchev–Trinajstić information content (AvgIpc) is 3.01. The summed E-state index contributed by atoms with van der Waals surface area (Å²) in [4.78, 5) is 12.5. The molecule has 4 aromatic rings. The Bertz CT molecular complexity index is 1100. The number of amides is 1. The second kappa shape index (κ2) is 6.43. The Hall–Kier alpha value is -2.49. The largest absolute Gasteiger partial charge is 0.464 e. The highest BCUT2D eigenvalue weighted by Crippen LogP contribution is 2.31. The molecule has 0 radical (unpaired) electrons. The van der Waals surface area contributed by atoms with E-state index in [0.717, 1.165) is 27.3 Å². The van der Waals surface area contributed by atoms with E-state index in [0.29, 0.717) is 15.7 Å². The molecule has 0 aliphatic heterocycles. The topological polar surface area (TPSA) is 42.2 Å². The van der Waals surface area contributed by atoms with Crippen molar-refractivity contribution in [3.05, 3.63) is 76.5 Å². The minimum absolute atomic E-state index is 0.181. The van der Waals surface area contributed by atoms with E-state index in [2.05, 4.69) is 5.32 Å². The molecule has 4 rings (SSSR count). The number of furan rings is 1. The minimum Gasteiger partial charge on any atom is -0.464 e. The van der Waals surface area contributed by atoms with E-state index >= 15 is 0 Å². The van der Waals surface area contributed by atoms with Gasteiger partial charge in [0.1, 0.15) is 5.58 Å². The van der Waals surface area contributed by atoms with E-state index in [9.17, 15) is 4.79 Å². The van der Waals surface area contributed by atoms with Crippen LogP contribution in [-0.2, 0) is 11.2 Å². The molecule has 0 fully saturated rings. The Labute approximate surface area is 154 Å². The molecular formula is C20H13Cl2NO2. The van der Waals surface area contributed by atoms with Crippen LogP contribution < -0.4 is 5.32 Å². The predicted octanol–water partition coefficient (Wildman–Crippen LogP) is 6.07. The van der Waals surface area contributed by atoms with Crippen molar-refractivity contribution < 1.29 is 9.21 Å². The molecule has 5 heteroatoms. The smallest absolute Gasteiger partial charge is 0.228 e. The molecule has 1 amide bonds. The molecule has 3 aromatic carbocycles. The first-order chi connectivity index (χ1) is 12.1. The van der Waals surface area contributed by atoms with Gasteiger partial charge in [0.15, 0.2) is 0 Å². The van der Waals surface area contributed by atoms with Gasteiger partial charge >= 0.3 is 0 Å². The van der Waals surface area contributed by atoms with Crippen molar-refractivity contribution in [3.63, 3.8) is 0 Å². The lowest BCUT2D eigenvalue weighted by atomic mass is 10.0. The van der Waals surface area contributed by atoms with E-state index in [1.807, 2.05) is 36.4 Å². The Balaban J connectivity index is 1.67. The van der Waals surface area contributed by atoms with Crippen LogP contribution in [0, 0.1) is 0 Å². The molecule has 0 spiro atoms. The molecular weight excluding hydrogens is 357 g/mol. The third-order valence-electron chi connectivity index (χ3n) is 4.09. The van der Waals surface area contributed by atoms with Crippen LogP contribution in [0.1, 0.15) is 5.56 Å². The van der Waals surface area contributed by atoms with Crippen LogP contribution >= 0.6 is 23.2 Å². The quantitative estimate of drug-likeness (QED) is 0.475. The number of hydrogen-bond donors (Lipinski definition) is 1. The van der Waals surface area contributed by atoms with Crippen molar-refractivity contribution in [2.75, 3.05) is 5.32 Å². The molecule has 0 aliphatic rings. The van der Waals surface area contributed by atoms with Crippen molar-refractivity contribution in [3.8, 4) is 0 Å². The van der Waals surface area contributed by atoms with Crippen LogP contribution in [0.25, 0.3) is 21.7 Å². The maximum atomic E-state index is 12.5. The van der Waals surface area contributed by atoms with Crippen LogP contribution in [0.5, 0.6) is 0 Å². The molecule has 1 N–H and O–H groups in total. The lowest BCUT2D eigenvalue weighted by Crippen LogP contribution is -2.14. The number of carbonyl (C=O) groups is 1. The van der Waals surface area contributed by atoms with Gasteiger partial charge < -0.3 is 9.73 Å². The van der Waals surface area contributed by atoms with E-state index < -0.39 is 0 Å². The summed E-state index contributed by atoms with van der Waals surface area (Å²) in [5.41, 5.74) is 2.10. The standard InChI is InChI=1S/C20H13Cl2NO2/c21-14-6-7-16(22)17(10-14)23-19(24)9-13-11-25-18-8-5-12-3-1-2-4-15(12)20(13)18/h1-8,10-11H,9H2,(H,23,24). The van der Waals surface area contributed by atoms with Crippen LogP contribution in [0.2, 0.25) is 10.0 Å². The molecule has 0 bridgehead atoms. The highest BCUT2D eigenvalue weighted by atomic mass is 35.5. The Morgan fingerprint density at radius 3 is 2.76 bits per heavy atom. The van der Waals surface area contributed by atoms with Crippen molar-refractivity contribution >= 4 is 56.5 Å². The van der Waals surface area contributed by atoms with Gasteiger partial charge in [-0.15, -0.1) is 0 Å². The molecule has 3 nitrogen and oxygen atoms in total. The van der Waals surface area contributed by atoms with Gasteiger partial charge in [-0.2, -0.15) is 0 Å². The van der Waals surface area contributed by atoms with Gasteiger partial charge in [0.05, 0.1) is 23.4 Å². The summed E-state index contributed by atoms with van der Waals surface area (Å²) in [6, 6.07) is 16.9. The number of hydrogen-bond acceptors (Lipinski definition) is 2. The van der Waals surface area contributed by atoms with Crippen molar-refractivity contribution in [2.24, 2.45) is 0 Å². The lowest BCUT2D eigenvalue weighted by Gasteiger charge is -2.07. The molecule has 0 atom stereocenters. The summed E-state index contributed by atoms with van der Waals surface area (Å²) in [7, 11) is 0. The Kier molecular flexibility index (Phi) is 4.12. The fourth-order valence-electron chi connectivity index (χ4n) is 2.97. The second-order valence-corrected chi connectivity index (χ2v) is 6.61. The number of benzene rings is 3. The molecule has 1 aromatic heterocycles. The Morgan fingerprint density at radius 2 is 1.88 bits per heavy atom. The van der Waals surface area contributed by atoms with Gasteiger partial charge in [0, 0.05) is 16.0 Å². The third-order valence-corrected chi connectivity index (χ3v) is 4.66. The monoisotopic (exact) mass is 369 g/mol. The minimum atomic E-state index is -0.181. The number of fused-ring (bicyclic) bond motifs is 3. The second-order valence-electron chi connectivity index (χ2n) is 5.77. The highest BCUT2D eigenvalue weighted by molar-refractivity contribution is 6.35. The number of anilines is 1. The first kappa shape index (κ1) is 16.0. The van der Waals surface area contributed by atoms with E-state index in [1.165, 1.54) is 0 Å². The zero-order valence-electron chi connectivity index (χ0n) is 13.1. The number of carbonyl (C=O) groups excluding carboxylic acids is 1. The maximum Gasteiger partial charge on any atom is 0.228 e. The van der Waals surface area contributed by atoms with Gasteiger partial charge in [0.2, 0.25) is 5.91 Å². The van der Waals surface area contributed by atoms with Gasteiger partial charge in [0.25, 0.3) is 0 Å². The number of nitrogens with one attached hydrogen (secondary N) is 1. The van der Waals surface area contributed by atoms with Crippen LogP contribution in [-0.4, -0.2) is 5.91 Å². The van der Waals surface area contributed by atoms with Gasteiger partial charge in [-0.25, -0.2) is 0 Å². The molecule has 0 saturated carbocycles. The van der Waals surface area contributed by atoms with Gasteiger partial charge in [-0.3, -0.25) is 4.79 Å². The summed E-state index contributed by atoms with van der Waals surface area (Å²) in [5.74, 6) is -0.181. The zero-order chi connectivity index (χ0) is 17.4. The predicted molar refractivity (Wildman–Crippen MR) is 103 cm³/mol. The third kappa shape index (κ3) is 3.09. The van der Waals surface area contributed by atoms with Crippen LogP contribution in [0.4, 0.5) is 5.69 Å². The molecule has 0 unspecified atom stereocenters. The Morgan fingerprint density at radius 1 is 1.04 bits per heavy atom. The maximum absolute atomic E-state index is 12.5. The van der Waals surface area contributed by atoms with E-state index in [-0.39, 0.29) is 12.3 Å². The summed E-state index contributed by atoms with van der Waals surface area (Å²) in [6.45, 7) is 0. The normalized spacial score (nSPS) is 11.1. The first-order valence-electron chi connectivity index (χ1n) is 7.74. The summed E-state index contributed by atoms with van der Waals surface area (Å²) in [5, 5.41) is 6.90. The van der Waals surface area contributed by atoms with Crippen molar-refractivity contribution in [1.82, 2.24) is 0 Å². The molecule has 124 valence electrons. The van der Waals surface area contributed by atoms with Crippen molar-refractivity contribution in [1.29, 1.82) is 0 Å². The van der Waals surface area contributed by atoms with Crippen molar-refractivity contribution in [2.45, 2.75) is 6.42 Å². The molecule has 25 heavy (non-hydrogen) atoms. The van der Waals surface area contributed by atoms with Gasteiger partial charge in [-0.1, -0.05) is 53.5 Å². The fraction of sp³-hybridized carbons (Fsp3) is 0.0500. The van der Waals surface area contributed by atoms with Crippen LogP contribution in [0.3, 0.4) is 0 Å². The zero-order valence-corrected chi connectivity index (χ0v) is 14.6. The summed E-state index contributed by atoms with van der Waals surface area (Å²) in [6.07, 6.45) is 1.82. The summed E-state index contributed by atoms with van der Waals surface area (Å²) < 4.78 is 5.62. The van der Waals surface area contributed by atoms with Gasteiger partial charge in [-0.05, 0) is 35.0 Å². The number of rotatable bonds is 3. The van der Waals surface area contributed by atoms with Crippen LogP contribution in [0.15, 0.2) is 65.3 Å². The SMILES string of the molecule is O=C(Cc1coc2ccc3ccccc3c12)Nc1cc(Cl)ccc1Cl. The fourth-order valence-corrected chi connectivity index (χ4v) is 3.30. The molecule has 1 heterocycles. The average molecular weight is 370 g/mol. The molecule has 0 saturated heterocycles. The summed E-state index contributed by atoms with van der Waals surface area (Å²) >= 11 is 12.1. The van der Waals surface area contributed by atoms with E-state index in [1.54, 1.807) is 24.5 Å².